The maximum absolute atomic E-state index is 14.1. The number of benzene rings is 2. The van der Waals surface area contributed by atoms with Crippen molar-refractivity contribution in [1.29, 1.82) is 0 Å². The van der Waals surface area contributed by atoms with Crippen molar-refractivity contribution in [3.05, 3.63) is 91.6 Å². The molecule has 5 rings (SSSR count). The van der Waals surface area contributed by atoms with Crippen molar-refractivity contribution in [2.45, 2.75) is 13.0 Å². The predicted molar refractivity (Wildman–Crippen MR) is 152 cm³/mol. The summed E-state index contributed by atoms with van der Waals surface area (Å²) in [6, 6.07) is 11.9. The zero-order chi connectivity index (χ0) is 28.0. The van der Waals surface area contributed by atoms with Gasteiger partial charge in [0, 0.05) is 51.7 Å². The first kappa shape index (κ1) is 27.6. The molecule has 13 heteroatoms. The van der Waals surface area contributed by atoms with Crippen LogP contribution in [-0.2, 0) is 16.3 Å². The molecule has 3 heterocycles. The number of nitrogens with one attached hydrogen (secondary N) is 1. The number of rotatable bonds is 5. The van der Waals surface area contributed by atoms with Crippen LogP contribution in [0.2, 0.25) is 10.0 Å². The number of aromatic nitrogens is 2. The number of anilines is 2. The van der Waals surface area contributed by atoms with Gasteiger partial charge >= 0.3 is 5.56 Å². The molecule has 0 radical (unpaired) electrons. The van der Waals surface area contributed by atoms with E-state index in [-0.39, 0.29) is 11.7 Å². The predicted octanol–water partition coefficient (Wildman–Crippen LogP) is 3.72. The molecule has 39 heavy (non-hydrogen) atoms. The van der Waals surface area contributed by atoms with E-state index in [0.29, 0.717) is 58.9 Å². The third-order valence-corrected chi connectivity index (χ3v) is 8.85. The number of allylic oxidation sites excluding steroid dienone is 1. The minimum atomic E-state index is -1.86. The Labute approximate surface area is 238 Å². The van der Waals surface area contributed by atoms with E-state index in [1.54, 1.807) is 60.9 Å². The fraction of sp³-hybridized carbons (Fsp3) is 0.308. The van der Waals surface area contributed by atoms with E-state index in [2.05, 4.69) is 10.2 Å². The molecular formula is C26H27Cl2FN6O3S. The second kappa shape index (κ2) is 10.9. The quantitative estimate of drug-likeness (QED) is 0.454. The van der Waals surface area contributed by atoms with E-state index < -0.39 is 23.1 Å². The highest BCUT2D eigenvalue weighted by molar-refractivity contribution is 7.87. The minimum Gasteiger partial charge on any atom is -0.572 e. The zero-order valence-electron chi connectivity index (χ0n) is 21.5. The first-order valence-corrected chi connectivity index (χ1v) is 14.1. The zero-order valence-corrected chi connectivity index (χ0v) is 23.9. The van der Waals surface area contributed by atoms with Crippen molar-refractivity contribution < 1.29 is 13.7 Å². The molecule has 2 aliphatic rings. The number of hydrogen-bond acceptors (Lipinski definition) is 6. The second-order valence-corrected chi connectivity index (χ2v) is 11.9. The van der Waals surface area contributed by atoms with Crippen LogP contribution in [0.5, 0.6) is 0 Å². The number of piperazine rings is 1. The highest BCUT2D eigenvalue weighted by atomic mass is 35.5. The van der Waals surface area contributed by atoms with Crippen LogP contribution >= 0.6 is 23.2 Å². The fourth-order valence-corrected chi connectivity index (χ4v) is 6.09. The summed E-state index contributed by atoms with van der Waals surface area (Å²) in [7, 11) is 3.20. The lowest BCUT2D eigenvalue weighted by Crippen LogP contribution is -2.50. The molecule has 2 aliphatic heterocycles. The number of nitrogens with zero attached hydrogens (tertiary/aromatic N) is 5. The molecule has 0 aliphatic carbocycles. The van der Waals surface area contributed by atoms with E-state index in [4.69, 9.17) is 23.2 Å². The van der Waals surface area contributed by atoms with E-state index in [0.717, 1.165) is 9.77 Å². The molecule has 0 saturated carbocycles. The van der Waals surface area contributed by atoms with Crippen molar-refractivity contribution in [2.24, 2.45) is 0 Å². The number of halogens is 3. The molecule has 206 valence electrons. The van der Waals surface area contributed by atoms with Crippen molar-refractivity contribution in [2.75, 3.05) is 50.5 Å². The van der Waals surface area contributed by atoms with E-state index in [1.807, 2.05) is 0 Å². The third kappa shape index (κ3) is 5.17. The van der Waals surface area contributed by atoms with Crippen LogP contribution < -0.4 is 15.8 Å². The molecule has 3 aromatic rings. The van der Waals surface area contributed by atoms with Crippen LogP contribution in [0.4, 0.5) is 15.9 Å². The molecule has 9 nitrogen and oxygen atoms in total. The summed E-state index contributed by atoms with van der Waals surface area (Å²) in [5, 5.41) is 3.81. The van der Waals surface area contributed by atoms with Gasteiger partial charge in [-0.25, -0.2) is 9.07 Å². The summed E-state index contributed by atoms with van der Waals surface area (Å²) in [4.78, 5) is 31.0. The first-order valence-electron chi connectivity index (χ1n) is 12.2. The second-order valence-electron chi connectivity index (χ2n) is 9.52. The Balaban J connectivity index is 1.53. The summed E-state index contributed by atoms with van der Waals surface area (Å²) < 4.78 is 30.7. The highest BCUT2D eigenvalue weighted by Crippen LogP contribution is 2.39. The molecule has 1 fully saturated rings. The van der Waals surface area contributed by atoms with Crippen molar-refractivity contribution in [1.82, 2.24) is 18.0 Å². The normalized spacial score (nSPS) is 18.3. The van der Waals surface area contributed by atoms with E-state index in [1.165, 1.54) is 22.5 Å². The number of carbonyl (C=O) groups excluding carboxylic acids is 1. The van der Waals surface area contributed by atoms with Crippen LogP contribution in [-0.4, -0.2) is 68.7 Å². The summed E-state index contributed by atoms with van der Waals surface area (Å²) in [5.74, 6) is -0.114. The van der Waals surface area contributed by atoms with Crippen LogP contribution in [0.3, 0.4) is 0 Å². The van der Waals surface area contributed by atoms with Gasteiger partial charge in [0.25, 0.3) is 5.91 Å². The fourth-order valence-electron chi connectivity index (χ4n) is 4.93. The van der Waals surface area contributed by atoms with Gasteiger partial charge in [-0.1, -0.05) is 29.3 Å². The van der Waals surface area contributed by atoms with Gasteiger partial charge < -0.3 is 19.7 Å². The van der Waals surface area contributed by atoms with E-state index >= 15 is 0 Å². The smallest absolute Gasteiger partial charge is 0.317 e. The molecule has 2 atom stereocenters. The number of hydrogen-bond donors (Lipinski definition) is 1. The molecule has 1 aromatic heterocycles. The first-order chi connectivity index (χ1) is 18.6. The Morgan fingerprint density at radius 2 is 1.72 bits per heavy atom. The molecule has 0 bridgehead atoms. The number of carbonyl (C=O) groups is 1. The average molecular weight is 594 g/mol. The van der Waals surface area contributed by atoms with Crippen molar-refractivity contribution >= 4 is 52.2 Å². The Hall–Kier alpha value is -2.96. The summed E-state index contributed by atoms with van der Waals surface area (Å²) in [6.07, 6.45) is 0. The summed E-state index contributed by atoms with van der Waals surface area (Å²) >= 11 is 10.7. The lowest BCUT2D eigenvalue weighted by Gasteiger charge is -2.39. The minimum absolute atomic E-state index is 0.219. The Morgan fingerprint density at radius 3 is 2.33 bits per heavy atom. The molecule has 2 aromatic carbocycles. The van der Waals surface area contributed by atoms with Gasteiger partial charge in [-0.2, -0.15) is 0 Å². The largest absolute Gasteiger partial charge is 0.572 e. The van der Waals surface area contributed by atoms with Gasteiger partial charge in [-0.15, -0.1) is 4.31 Å². The molecular weight excluding hydrogens is 566 g/mol. The topological polar surface area (TPSA) is 88.8 Å². The van der Waals surface area contributed by atoms with Crippen LogP contribution in [0, 0.1) is 5.82 Å². The van der Waals surface area contributed by atoms with Gasteiger partial charge in [0.15, 0.2) is 11.5 Å². The van der Waals surface area contributed by atoms with Crippen molar-refractivity contribution in [3.8, 4) is 0 Å². The van der Waals surface area contributed by atoms with Crippen molar-refractivity contribution in [3.63, 3.8) is 0 Å². The Morgan fingerprint density at radius 1 is 1.05 bits per heavy atom. The van der Waals surface area contributed by atoms with Gasteiger partial charge in [0.05, 0.1) is 21.7 Å². The number of amides is 1. The van der Waals surface area contributed by atoms with Crippen LogP contribution in [0.15, 0.2) is 64.6 Å². The lowest BCUT2D eigenvalue weighted by molar-refractivity contribution is -0.128. The summed E-state index contributed by atoms with van der Waals surface area (Å²) in [5.41, 5.74) is 1.99. The number of fused-ring (bicyclic) bond motifs is 1. The Kier molecular flexibility index (Phi) is 7.71. The maximum atomic E-state index is 14.1. The molecule has 2 unspecified atom stereocenters. The monoisotopic (exact) mass is 592 g/mol. The Bertz CT molecular complexity index is 1500. The molecule has 1 saturated heterocycles. The summed E-state index contributed by atoms with van der Waals surface area (Å²) in [6.45, 7) is 3.80. The van der Waals surface area contributed by atoms with Gasteiger partial charge in [0.1, 0.15) is 17.7 Å². The molecule has 1 N–H and O–H groups in total. The third-order valence-electron chi connectivity index (χ3n) is 6.84. The SMILES string of the molecule is CC1=C(C(=O)N2CCN(c3ccc(F)cc3)CC2)C(c2ccc(Cl)c(Cl)c2)n2c(cc(=O)n2[S+]([O-])N(C)C)N1. The maximum Gasteiger partial charge on any atom is 0.317 e. The highest BCUT2D eigenvalue weighted by Gasteiger charge is 2.40. The van der Waals surface area contributed by atoms with Gasteiger partial charge in [0.2, 0.25) is 0 Å². The van der Waals surface area contributed by atoms with Gasteiger partial charge in [-0.3, -0.25) is 9.59 Å². The van der Waals surface area contributed by atoms with E-state index in [9.17, 15) is 18.5 Å². The van der Waals surface area contributed by atoms with Crippen LogP contribution in [0.25, 0.3) is 0 Å². The van der Waals surface area contributed by atoms with Crippen LogP contribution in [0.1, 0.15) is 18.5 Å². The lowest BCUT2D eigenvalue weighted by atomic mass is 9.94. The molecule has 0 spiro atoms. The average Bonchev–Trinajstić information content (AvgIpc) is 3.24. The standard InChI is InChI=1S/C26H27Cl2FN6O3S/c1-16-24(26(37)33-12-10-32(11-13-33)19-7-5-18(29)6-8-19)25(17-4-9-20(27)21(28)14-17)34-22(30-16)15-23(36)35(34)39(38)31(2)3/h4-9,14-15,25,30H,10-13H2,1-3H3. The van der Waals surface area contributed by atoms with Gasteiger partial charge in [-0.05, 0) is 53.0 Å². The molecule has 1 amide bonds.